The van der Waals surface area contributed by atoms with E-state index in [0.717, 1.165) is 5.25 Å². The molecule has 0 aliphatic carbocycles. The zero-order valence-electron chi connectivity index (χ0n) is 10.2. The Labute approximate surface area is 103 Å². The molecule has 0 radical (unpaired) electrons. The van der Waals surface area contributed by atoms with Crippen LogP contribution in [-0.4, -0.2) is 18.1 Å². The summed E-state index contributed by atoms with van der Waals surface area (Å²) in [6, 6.07) is 9.28. The van der Waals surface area contributed by atoms with Crippen molar-refractivity contribution >= 4 is 11.8 Å². The van der Waals surface area contributed by atoms with Crippen LogP contribution in [0.25, 0.3) is 0 Å². The van der Waals surface area contributed by atoms with Gasteiger partial charge in [0.25, 0.3) is 0 Å². The summed E-state index contributed by atoms with van der Waals surface area (Å²) in [7, 11) is 2.09. The molecule has 2 atom stereocenters. The molecular formula is C14H21NS. The summed E-state index contributed by atoms with van der Waals surface area (Å²) in [4.78, 5) is 0. The van der Waals surface area contributed by atoms with Crippen molar-refractivity contribution in [3.05, 3.63) is 35.4 Å². The topological polar surface area (TPSA) is 12.0 Å². The lowest BCUT2D eigenvalue weighted by Crippen LogP contribution is -2.29. The molecule has 1 N–H and O–H groups in total. The predicted molar refractivity (Wildman–Crippen MR) is 73.1 cm³/mol. The Morgan fingerprint density at radius 3 is 2.75 bits per heavy atom. The van der Waals surface area contributed by atoms with Gasteiger partial charge in [0.1, 0.15) is 0 Å². The smallest absolute Gasteiger partial charge is 0.0440 e. The van der Waals surface area contributed by atoms with Crippen molar-refractivity contribution < 1.29 is 0 Å². The third kappa shape index (κ3) is 2.61. The lowest BCUT2D eigenvalue weighted by atomic mass is 9.96. The van der Waals surface area contributed by atoms with Gasteiger partial charge in [-0.05, 0) is 43.7 Å². The first-order valence-corrected chi connectivity index (χ1v) is 7.22. The molecule has 0 bridgehead atoms. The van der Waals surface area contributed by atoms with Crippen molar-refractivity contribution in [1.82, 2.24) is 5.32 Å². The van der Waals surface area contributed by atoms with Crippen molar-refractivity contribution in [2.45, 2.75) is 37.5 Å². The van der Waals surface area contributed by atoms with E-state index in [1.165, 1.54) is 36.1 Å². The van der Waals surface area contributed by atoms with Crippen molar-refractivity contribution in [2.75, 3.05) is 12.8 Å². The first kappa shape index (κ1) is 12.0. The largest absolute Gasteiger partial charge is 0.312 e. The van der Waals surface area contributed by atoms with Crippen LogP contribution in [0.2, 0.25) is 0 Å². The van der Waals surface area contributed by atoms with Gasteiger partial charge >= 0.3 is 0 Å². The summed E-state index contributed by atoms with van der Waals surface area (Å²) in [6.45, 7) is 2.22. The Kier molecular flexibility index (Phi) is 4.30. The highest BCUT2D eigenvalue weighted by Crippen LogP contribution is 2.35. The van der Waals surface area contributed by atoms with E-state index in [0.29, 0.717) is 6.04 Å². The molecule has 1 fully saturated rings. The average Bonchev–Trinajstić information content (AvgIpc) is 2.34. The molecule has 88 valence electrons. The quantitative estimate of drug-likeness (QED) is 0.860. The third-order valence-corrected chi connectivity index (χ3v) is 4.88. The van der Waals surface area contributed by atoms with E-state index in [-0.39, 0.29) is 0 Å². The standard InChI is InChI=1S/C14H21NS/c1-11-7-3-4-8-12(11)14(15-2)13-9-5-6-10-16-13/h3-4,7-8,13-15H,5-6,9-10H2,1-2H3. The minimum atomic E-state index is 0.520. The van der Waals surface area contributed by atoms with E-state index < -0.39 is 0 Å². The van der Waals surface area contributed by atoms with Gasteiger partial charge in [-0.25, -0.2) is 0 Å². The van der Waals surface area contributed by atoms with Gasteiger partial charge < -0.3 is 5.32 Å². The average molecular weight is 235 g/mol. The second-order valence-electron chi connectivity index (χ2n) is 4.53. The summed E-state index contributed by atoms with van der Waals surface area (Å²) in [6.07, 6.45) is 4.14. The van der Waals surface area contributed by atoms with Gasteiger partial charge in [-0.1, -0.05) is 30.7 Å². The highest BCUT2D eigenvalue weighted by Gasteiger charge is 2.24. The molecule has 0 aromatic heterocycles. The van der Waals surface area contributed by atoms with Gasteiger partial charge in [0.15, 0.2) is 0 Å². The molecule has 2 unspecified atom stereocenters. The normalized spacial score (nSPS) is 23.0. The van der Waals surface area contributed by atoms with Gasteiger partial charge in [-0.2, -0.15) is 11.8 Å². The van der Waals surface area contributed by atoms with Gasteiger partial charge in [-0.3, -0.25) is 0 Å². The molecule has 1 nitrogen and oxygen atoms in total. The van der Waals surface area contributed by atoms with Crippen LogP contribution >= 0.6 is 11.8 Å². The first-order valence-electron chi connectivity index (χ1n) is 6.17. The van der Waals surface area contributed by atoms with Crippen molar-refractivity contribution in [3.63, 3.8) is 0 Å². The second-order valence-corrected chi connectivity index (χ2v) is 5.88. The minimum Gasteiger partial charge on any atom is -0.312 e. The molecule has 1 aromatic rings. The SMILES string of the molecule is CNC(c1ccccc1C)C1CCCCS1. The van der Waals surface area contributed by atoms with Crippen LogP contribution in [0.5, 0.6) is 0 Å². The third-order valence-electron chi connectivity index (χ3n) is 3.42. The van der Waals surface area contributed by atoms with Crippen LogP contribution in [0.1, 0.15) is 36.4 Å². The van der Waals surface area contributed by atoms with Crippen molar-refractivity contribution in [3.8, 4) is 0 Å². The van der Waals surface area contributed by atoms with E-state index in [4.69, 9.17) is 0 Å². The minimum absolute atomic E-state index is 0.520. The molecule has 1 saturated heterocycles. The van der Waals surface area contributed by atoms with Crippen LogP contribution in [0.4, 0.5) is 0 Å². The molecule has 0 amide bonds. The predicted octanol–water partition coefficient (Wildman–Crippen LogP) is 3.54. The fourth-order valence-electron chi connectivity index (χ4n) is 2.51. The Bertz CT molecular complexity index is 331. The van der Waals surface area contributed by atoms with Crippen LogP contribution in [0, 0.1) is 6.92 Å². The summed E-state index contributed by atoms with van der Waals surface area (Å²) in [5.41, 5.74) is 2.89. The van der Waals surface area contributed by atoms with Gasteiger partial charge in [-0.15, -0.1) is 0 Å². The van der Waals surface area contributed by atoms with Crippen molar-refractivity contribution in [1.29, 1.82) is 0 Å². The maximum atomic E-state index is 3.51. The van der Waals surface area contributed by atoms with E-state index in [2.05, 4.69) is 55.3 Å². The molecule has 1 aliphatic heterocycles. The molecule has 2 heteroatoms. The number of thioether (sulfide) groups is 1. The number of rotatable bonds is 3. The molecule has 0 saturated carbocycles. The zero-order chi connectivity index (χ0) is 11.4. The monoisotopic (exact) mass is 235 g/mol. The van der Waals surface area contributed by atoms with E-state index in [9.17, 15) is 0 Å². The van der Waals surface area contributed by atoms with Gasteiger partial charge in [0.05, 0.1) is 0 Å². The number of hydrogen-bond donors (Lipinski definition) is 1. The van der Waals surface area contributed by atoms with Crippen LogP contribution in [-0.2, 0) is 0 Å². The fraction of sp³-hybridized carbons (Fsp3) is 0.571. The van der Waals surface area contributed by atoms with Crippen LogP contribution in [0.3, 0.4) is 0 Å². The van der Waals surface area contributed by atoms with Crippen LogP contribution < -0.4 is 5.32 Å². The lowest BCUT2D eigenvalue weighted by molar-refractivity contribution is 0.514. The summed E-state index contributed by atoms with van der Waals surface area (Å²) in [5.74, 6) is 1.33. The van der Waals surface area contributed by atoms with Gasteiger partial charge in [0, 0.05) is 11.3 Å². The van der Waals surface area contributed by atoms with Crippen molar-refractivity contribution in [2.24, 2.45) is 0 Å². The van der Waals surface area contributed by atoms with Crippen LogP contribution in [0.15, 0.2) is 24.3 Å². The summed E-state index contributed by atoms with van der Waals surface area (Å²) >= 11 is 2.14. The molecule has 1 aliphatic rings. The van der Waals surface area contributed by atoms with E-state index >= 15 is 0 Å². The molecule has 0 spiro atoms. The lowest BCUT2D eigenvalue weighted by Gasteiger charge is -2.30. The Hall–Kier alpha value is -0.470. The molecule has 1 aromatic carbocycles. The number of nitrogens with one attached hydrogen (secondary N) is 1. The first-order chi connectivity index (χ1) is 7.83. The second kappa shape index (κ2) is 5.74. The van der Waals surface area contributed by atoms with E-state index in [1.807, 2.05) is 0 Å². The highest BCUT2D eigenvalue weighted by atomic mass is 32.2. The molecule has 16 heavy (non-hydrogen) atoms. The maximum absolute atomic E-state index is 3.51. The highest BCUT2D eigenvalue weighted by molar-refractivity contribution is 8.00. The Morgan fingerprint density at radius 1 is 1.31 bits per heavy atom. The van der Waals surface area contributed by atoms with Gasteiger partial charge in [0.2, 0.25) is 0 Å². The zero-order valence-corrected chi connectivity index (χ0v) is 11.0. The summed E-state index contributed by atoms with van der Waals surface area (Å²) in [5, 5.41) is 4.26. The maximum Gasteiger partial charge on any atom is 0.0440 e. The number of hydrogen-bond acceptors (Lipinski definition) is 2. The number of benzene rings is 1. The molecular weight excluding hydrogens is 214 g/mol. The number of aryl methyl sites for hydroxylation is 1. The van der Waals surface area contributed by atoms with E-state index in [1.54, 1.807) is 0 Å². The molecule has 2 rings (SSSR count). The fourth-order valence-corrected chi connectivity index (χ4v) is 3.99. The Morgan fingerprint density at radius 2 is 2.12 bits per heavy atom. The summed E-state index contributed by atoms with van der Waals surface area (Å²) < 4.78 is 0. The Balaban J connectivity index is 2.18. The molecule has 1 heterocycles.